The number of amides is 1. The molecule has 0 radical (unpaired) electrons. The molecule has 0 aliphatic heterocycles. The van der Waals surface area contributed by atoms with Gasteiger partial charge in [-0.3, -0.25) is 14.5 Å². The van der Waals surface area contributed by atoms with E-state index in [9.17, 15) is 13.2 Å². The van der Waals surface area contributed by atoms with Gasteiger partial charge >= 0.3 is 0 Å². The number of ether oxygens (including phenoxy) is 1. The van der Waals surface area contributed by atoms with Crippen molar-refractivity contribution in [3.8, 4) is 5.75 Å². The molecule has 0 saturated carbocycles. The number of methoxy groups -OCH3 is 1. The lowest BCUT2D eigenvalue weighted by molar-refractivity contribution is 0.102. The van der Waals surface area contributed by atoms with E-state index in [1.165, 1.54) is 31.5 Å². The number of hydrogen-bond acceptors (Lipinski definition) is 5. The number of rotatable bonds is 6. The van der Waals surface area contributed by atoms with E-state index >= 15 is 0 Å². The Hall–Kier alpha value is -3.39. The summed E-state index contributed by atoms with van der Waals surface area (Å²) in [5.74, 6) is -0.149. The lowest BCUT2D eigenvalue weighted by atomic mass is 10.2. The van der Waals surface area contributed by atoms with E-state index in [-0.39, 0.29) is 16.6 Å². The van der Waals surface area contributed by atoms with Crippen molar-refractivity contribution in [3.63, 3.8) is 0 Å². The highest BCUT2D eigenvalue weighted by molar-refractivity contribution is 7.92. The lowest BCUT2D eigenvalue weighted by Crippen LogP contribution is -2.15. The Morgan fingerprint density at radius 3 is 2.46 bits per heavy atom. The maximum absolute atomic E-state index is 12.6. The predicted molar refractivity (Wildman–Crippen MR) is 107 cm³/mol. The maximum Gasteiger partial charge on any atom is 0.262 e. The fourth-order valence-electron chi connectivity index (χ4n) is 2.47. The molecule has 0 fully saturated rings. The second-order valence-corrected chi connectivity index (χ2v) is 7.71. The van der Waals surface area contributed by atoms with Crippen LogP contribution >= 0.6 is 0 Å². The van der Waals surface area contributed by atoms with Crippen LogP contribution in [0.3, 0.4) is 0 Å². The van der Waals surface area contributed by atoms with Crippen LogP contribution in [0.1, 0.15) is 15.9 Å². The molecule has 0 unspecified atom stereocenters. The number of nitrogens with one attached hydrogen (secondary N) is 2. The van der Waals surface area contributed by atoms with Crippen LogP contribution in [0, 0.1) is 6.92 Å². The third-order valence-electron chi connectivity index (χ3n) is 3.96. The van der Waals surface area contributed by atoms with Crippen LogP contribution in [0.15, 0.2) is 71.9 Å². The van der Waals surface area contributed by atoms with Crippen LogP contribution in [-0.2, 0) is 10.0 Å². The number of nitrogens with zero attached hydrogens (tertiary/aromatic N) is 1. The zero-order chi connectivity index (χ0) is 20.1. The van der Waals surface area contributed by atoms with Crippen LogP contribution < -0.4 is 14.8 Å². The highest BCUT2D eigenvalue weighted by Crippen LogP contribution is 2.29. The van der Waals surface area contributed by atoms with E-state index in [0.29, 0.717) is 16.9 Å². The zero-order valence-corrected chi connectivity index (χ0v) is 16.2. The first kappa shape index (κ1) is 19.4. The van der Waals surface area contributed by atoms with Crippen LogP contribution in [0.25, 0.3) is 0 Å². The molecule has 8 heteroatoms. The molecule has 0 atom stereocenters. The average Bonchev–Trinajstić information content (AvgIpc) is 2.70. The predicted octanol–water partition coefficient (Wildman–Crippen LogP) is 3.45. The summed E-state index contributed by atoms with van der Waals surface area (Å²) in [4.78, 5) is 16.2. The number of carbonyl (C=O) groups excluding carboxylic acids is 1. The van der Waals surface area contributed by atoms with Gasteiger partial charge in [0.15, 0.2) is 0 Å². The standard InChI is InChI=1S/C20H19N3O4S/c1-14-5-7-16(8-6-14)23-28(25,26)17-9-10-18(19(12-17)27-2)22-20(24)15-4-3-11-21-13-15/h3-13,23H,1-2H3,(H,22,24). The molecule has 0 bridgehead atoms. The molecular formula is C20H19N3O4S. The minimum atomic E-state index is -3.81. The Kier molecular flexibility index (Phi) is 5.60. The van der Waals surface area contributed by atoms with Gasteiger partial charge in [-0.25, -0.2) is 8.42 Å². The van der Waals surface area contributed by atoms with Gasteiger partial charge in [0, 0.05) is 24.1 Å². The normalized spacial score (nSPS) is 10.9. The molecule has 0 saturated heterocycles. The van der Waals surface area contributed by atoms with E-state index in [1.807, 2.05) is 19.1 Å². The maximum atomic E-state index is 12.6. The molecule has 28 heavy (non-hydrogen) atoms. The third-order valence-corrected chi connectivity index (χ3v) is 5.34. The lowest BCUT2D eigenvalue weighted by Gasteiger charge is -2.13. The van der Waals surface area contributed by atoms with Crippen molar-refractivity contribution in [2.24, 2.45) is 0 Å². The molecule has 0 aliphatic carbocycles. The summed E-state index contributed by atoms with van der Waals surface area (Å²) in [7, 11) is -2.41. The first-order valence-corrected chi connectivity index (χ1v) is 9.86. The second kappa shape index (κ2) is 8.10. The molecule has 1 heterocycles. The van der Waals surface area contributed by atoms with E-state index in [2.05, 4.69) is 15.0 Å². The Bertz CT molecular complexity index is 1080. The van der Waals surface area contributed by atoms with Crippen LogP contribution in [0.2, 0.25) is 0 Å². The van der Waals surface area contributed by atoms with Crippen LogP contribution in [0.5, 0.6) is 5.75 Å². The molecule has 3 aromatic rings. The van der Waals surface area contributed by atoms with Crippen LogP contribution in [-0.4, -0.2) is 26.4 Å². The van der Waals surface area contributed by atoms with Gasteiger partial charge in [-0.1, -0.05) is 17.7 Å². The monoisotopic (exact) mass is 397 g/mol. The number of benzene rings is 2. The highest BCUT2D eigenvalue weighted by atomic mass is 32.2. The van der Waals surface area contributed by atoms with E-state index in [4.69, 9.17) is 4.74 Å². The van der Waals surface area contributed by atoms with Crippen molar-refractivity contribution in [1.82, 2.24) is 4.98 Å². The summed E-state index contributed by atoms with van der Waals surface area (Å²) < 4.78 is 33.1. The Morgan fingerprint density at radius 2 is 1.82 bits per heavy atom. The summed E-state index contributed by atoms with van der Waals surface area (Å²) in [5, 5.41) is 2.69. The number of sulfonamides is 1. The number of carbonyl (C=O) groups is 1. The van der Waals surface area contributed by atoms with Crippen molar-refractivity contribution < 1.29 is 17.9 Å². The third kappa shape index (κ3) is 4.47. The summed E-state index contributed by atoms with van der Waals surface area (Å²) in [6.45, 7) is 1.92. The molecule has 2 N–H and O–H groups in total. The van der Waals surface area contributed by atoms with Crippen molar-refractivity contribution in [2.45, 2.75) is 11.8 Å². The molecule has 144 valence electrons. The van der Waals surface area contributed by atoms with E-state index < -0.39 is 10.0 Å². The number of anilines is 2. The number of hydrogen-bond donors (Lipinski definition) is 2. The largest absolute Gasteiger partial charge is 0.495 e. The van der Waals surface area contributed by atoms with Gasteiger partial charge in [0.1, 0.15) is 5.75 Å². The molecule has 1 aromatic heterocycles. The van der Waals surface area contributed by atoms with Gasteiger partial charge in [-0.2, -0.15) is 0 Å². The fourth-order valence-corrected chi connectivity index (χ4v) is 3.54. The molecule has 3 rings (SSSR count). The molecule has 0 aliphatic rings. The molecule has 0 spiro atoms. The number of pyridine rings is 1. The summed E-state index contributed by atoms with van der Waals surface area (Å²) >= 11 is 0. The van der Waals surface area contributed by atoms with Crippen molar-refractivity contribution in [1.29, 1.82) is 0 Å². The number of aromatic nitrogens is 1. The van der Waals surface area contributed by atoms with Crippen LogP contribution in [0.4, 0.5) is 11.4 Å². The van der Waals surface area contributed by atoms with E-state index in [0.717, 1.165) is 5.56 Å². The van der Waals surface area contributed by atoms with E-state index in [1.54, 1.807) is 30.5 Å². The first-order chi connectivity index (χ1) is 13.4. The van der Waals surface area contributed by atoms with Crippen molar-refractivity contribution in [3.05, 3.63) is 78.1 Å². The smallest absolute Gasteiger partial charge is 0.262 e. The van der Waals surface area contributed by atoms with Gasteiger partial charge in [0.05, 0.1) is 23.3 Å². The van der Waals surface area contributed by atoms with Gasteiger partial charge in [-0.05, 0) is 43.3 Å². The SMILES string of the molecule is COc1cc(S(=O)(=O)Nc2ccc(C)cc2)ccc1NC(=O)c1cccnc1. The molecule has 1 amide bonds. The summed E-state index contributed by atoms with van der Waals surface area (Å²) in [5.41, 5.74) is 2.21. The quantitative estimate of drug-likeness (QED) is 0.664. The van der Waals surface area contributed by atoms with Gasteiger partial charge in [0.2, 0.25) is 0 Å². The number of aryl methyl sites for hydroxylation is 1. The minimum absolute atomic E-state index is 0.0179. The van der Waals surface area contributed by atoms with Gasteiger partial charge in [-0.15, -0.1) is 0 Å². The first-order valence-electron chi connectivity index (χ1n) is 8.38. The molecular weight excluding hydrogens is 378 g/mol. The fraction of sp³-hybridized carbons (Fsp3) is 0.100. The highest BCUT2D eigenvalue weighted by Gasteiger charge is 2.18. The molecule has 2 aromatic carbocycles. The Labute approximate surface area is 163 Å². The van der Waals surface area contributed by atoms with Gasteiger partial charge < -0.3 is 10.1 Å². The minimum Gasteiger partial charge on any atom is -0.495 e. The van der Waals surface area contributed by atoms with Crippen molar-refractivity contribution >= 4 is 27.3 Å². The Balaban J connectivity index is 1.84. The van der Waals surface area contributed by atoms with Gasteiger partial charge in [0.25, 0.3) is 15.9 Å². The topological polar surface area (TPSA) is 97.4 Å². The second-order valence-electron chi connectivity index (χ2n) is 6.03. The zero-order valence-electron chi connectivity index (χ0n) is 15.3. The van der Waals surface area contributed by atoms with Crippen molar-refractivity contribution in [2.75, 3.05) is 17.1 Å². The average molecular weight is 397 g/mol. The molecule has 7 nitrogen and oxygen atoms in total. The Morgan fingerprint density at radius 1 is 1.07 bits per heavy atom. The summed E-state index contributed by atoms with van der Waals surface area (Å²) in [6, 6.07) is 14.5. The summed E-state index contributed by atoms with van der Waals surface area (Å²) in [6.07, 6.45) is 3.00.